The third kappa shape index (κ3) is 3.69. The Balaban J connectivity index is 1.67. The van der Waals surface area contributed by atoms with Gasteiger partial charge in [0.15, 0.2) is 5.69 Å². The van der Waals surface area contributed by atoms with Gasteiger partial charge in [-0.05, 0) is 26.8 Å². The quantitative estimate of drug-likeness (QED) is 0.740. The van der Waals surface area contributed by atoms with Crippen LogP contribution in [0.2, 0.25) is 0 Å². The first kappa shape index (κ1) is 17.9. The number of carbonyl (C=O) groups is 2. The van der Waals surface area contributed by atoms with E-state index in [1.165, 1.54) is 7.11 Å². The zero-order chi connectivity index (χ0) is 18.1. The molecule has 8 heteroatoms. The van der Waals surface area contributed by atoms with Crippen LogP contribution < -0.4 is 0 Å². The summed E-state index contributed by atoms with van der Waals surface area (Å²) in [7, 11) is 1.34. The Morgan fingerprint density at radius 1 is 1.28 bits per heavy atom. The minimum Gasteiger partial charge on any atom is -0.464 e. The number of aromatic nitrogens is 2. The number of methoxy groups -OCH3 is 1. The van der Waals surface area contributed by atoms with E-state index in [-0.39, 0.29) is 29.9 Å². The molecule has 0 N–H and O–H groups in total. The summed E-state index contributed by atoms with van der Waals surface area (Å²) < 4.78 is 12.2. The predicted molar refractivity (Wildman–Crippen MR) is 90.0 cm³/mol. The molecule has 0 aliphatic carbocycles. The monoisotopic (exact) mass is 350 g/mol. The van der Waals surface area contributed by atoms with Crippen LogP contribution in [0.4, 0.5) is 0 Å². The summed E-state index contributed by atoms with van der Waals surface area (Å²) in [6, 6.07) is 1.51. The zero-order valence-electron chi connectivity index (χ0n) is 15.3. The molecule has 0 bridgehead atoms. The maximum absolute atomic E-state index is 12.9. The number of rotatable bonds is 3. The highest BCUT2D eigenvalue weighted by Gasteiger charge is 2.33. The molecule has 8 nitrogen and oxygen atoms in total. The SMILES string of the molecule is COC(=O)c1cc2n(n1)CCN(C(=O)[C@@H](C)N1C[C@@H](C)O[C@@H](C)C1)C2. The van der Waals surface area contributed by atoms with Gasteiger partial charge in [-0.15, -0.1) is 0 Å². The number of nitrogens with zero attached hydrogens (tertiary/aromatic N) is 4. The van der Waals surface area contributed by atoms with Crippen LogP contribution in [0.5, 0.6) is 0 Å². The first-order chi connectivity index (χ1) is 11.9. The van der Waals surface area contributed by atoms with Gasteiger partial charge in [0, 0.05) is 19.6 Å². The van der Waals surface area contributed by atoms with Crippen molar-refractivity contribution in [3.8, 4) is 0 Å². The van der Waals surface area contributed by atoms with E-state index >= 15 is 0 Å². The topological polar surface area (TPSA) is 76.9 Å². The lowest BCUT2D eigenvalue weighted by molar-refractivity contribution is -0.143. The van der Waals surface area contributed by atoms with Crippen LogP contribution in [-0.4, -0.2) is 76.5 Å². The van der Waals surface area contributed by atoms with Crippen molar-refractivity contribution in [2.75, 3.05) is 26.7 Å². The molecule has 138 valence electrons. The fourth-order valence-electron chi connectivity index (χ4n) is 3.61. The van der Waals surface area contributed by atoms with Crippen molar-refractivity contribution in [3.05, 3.63) is 17.5 Å². The highest BCUT2D eigenvalue weighted by molar-refractivity contribution is 5.87. The maximum atomic E-state index is 12.9. The molecule has 3 heterocycles. The van der Waals surface area contributed by atoms with Crippen molar-refractivity contribution >= 4 is 11.9 Å². The number of hydrogen-bond donors (Lipinski definition) is 0. The van der Waals surface area contributed by atoms with E-state index in [1.54, 1.807) is 10.7 Å². The minimum atomic E-state index is -0.454. The Morgan fingerprint density at radius 2 is 1.96 bits per heavy atom. The van der Waals surface area contributed by atoms with E-state index in [4.69, 9.17) is 9.47 Å². The molecule has 3 rings (SSSR count). The van der Waals surface area contributed by atoms with Gasteiger partial charge in [-0.2, -0.15) is 5.10 Å². The molecule has 1 amide bonds. The van der Waals surface area contributed by atoms with Crippen molar-refractivity contribution in [2.24, 2.45) is 0 Å². The van der Waals surface area contributed by atoms with Crippen molar-refractivity contribution in [3.63, 3.8) is 0 Å². The molecule has 0 unspecified atom stereocenters. The third-order valence-corrected chi connectivity index (χ3v) is 4.86. The average Bonchev–Trinajstić information content (AvgIpc) is 3.02. The summed E-state index contributed by atoms with van der Waals surface area (Å²) in [4.78, 5) is 28.6. The molecule has 1 aromatic heterocycles. The van der Waals surface area contributed by atoms with Crippen LogP contribution >= 0.6 is 0 Å². The summed E-state index contributed by atoms with van der Waals surface area (Å²) in [5, 5.41) is 4.25. The molecular weight excluding hydrogens is 324 g/mol. The summed E-state index contributed by atoms with van der Waals surface area (Å²) >= 11 is 0. The standard InChI is InChI=1S/C17H26N4O4/c1-11-8-20(9-12(2)25-11)13(3)16(22)19-5-6-21-14(10-19)7-15(18-21)17(23)24-4/h7,11-13H,5-6,8-10H2,1-4H3/t11-,12+,13-/m1/s1. The molecular formula is C17H26N4O4. The number of fused-ring (bicyclic) bond motifs is 1. The van der Waals surface area contributed by atoms with Gasteiger partial charge in [0.1, 0.15) is 0 Å². The van der Waals surface area contributed by atoms with Crippen LogP contribution in [0.15, 0.2) is 6.07 Å². The Bertz CT molecular complexity index is 649. The largest absolute Gasteiger partial charge is 0.464 e. The fraction of sp³-hybridized carbons (Fsp3) is 0.706. The second-order valence-electron chi connectivity index (χ2n) is 6.88. The Hall–Kier alpha value is -1.93. The molecule has 0 saturated carbocycles. The lowest BCUT2D eigenvalue weighted by atomic mass is 10.1. The number of ether oxygens (including phenoxy) is 2. The second-order valence-corrected chi connectivity index (χ2v) is 6.88. The van der Waals surface area contributed by atoms with Crippen LogP contribution in [0, 0.1) is 0 Å². The van der Waals surface area contributed by atoms with Crippen molar-refractivity contribution in [1.29, 1.82) is 0 Å². The van der Waals surface area contributed by atoms with Gasteiger partial charge in [-0.3, -0.25) is 14.4 Å². The van der Waals surface area contributed by atoms with E-state index in [0.29, 0.717) is 19.6 Å². The zero-order valence-corrected chi connectivity index (χ0v) is 15.3. The molecule has 25 heavy (non-hydrogen) atoms. The molecule has 0 radical (unpaired) electrons. The molecule has 2 aliphatic heterocycles. The molecule has 0 aromatic carbocycles. The molecule has 1 aromatic rings. The second kappa shape index (κ2) is 7.13. The Labute approximate surface area is 147 Å². The lowest BCUT2D eigenvalue weighted by Crippen LogP contribution is -2.55. The third-order valence-electron chi connectivity index (χ3n) is 4.86. The first-order valence-corrected chi connectivity index (χ1v) is 8.72. The van der Waals surface area contributed by atoms with Gasteiger partial charge in [0.05, 0.1) is 44.1 Å². The number of carbonyl (C=O) groups excluding carboxylic acids is 2. The molecule has 0 spiro atoms. The summed E-state index contributed by atoms with van der Waals surface area (Å²) in [6.07, 6.45) is 0.258. The lowest BCUT2D eigenvalue weighted by Gasteiger charge is -2.40. The van der Waals surface area contributed by atoms with E-state index in [9.17, 15) is 9.59 Å². The normalized spacial score (nSPS) is 25.4. The smallest absolute Gasteiger partial charge is 0.358 e. The highest BCUT2D eigenvalue weighted by Crippen LogP contribution is 2.19. The van der Waals surface area contributed by atoms with E-state index in [2.05, 4.69) is 10.00 Å². The van der Waals surface area contributed by atoms with E-state index in [1.807, 2.05) is 25.7 Å². The van der Waals surface area contributed by atoms with Crippen LogP contribution in [-0.2, 0) is 27.4 Å². The van der Waals surface area contributed by atoms with Crippen LogP contribution in [0.25, 0.3) is 0 Å². The summed E-state index contributed by atoms with van der Waals surface area (Å²) in [5.41, 5.74) is 1.14. The average molecular weight is 350 g/mol. The Kier molecular flexibility index (Phi) is 5.10. The number of hydrogen-bond acceptors (Lipinski definition) is 6. The van der Waals surface area contributed by atoms with Gasteiger partial charge in [-0.1, -0.05) is 0 Å². The highest BCUT2D eigenvalue weighted by atomic mass is 16.5. The van der Waals surface area contributed by atoms with Crippen molar-refractivity contribution < 1.29 is 19.1 Å². The molecule has 3 atom stereocenters. The number of morpholine rings is 1. The molecule has 2 aliphatic rings. The first-order valence-electron chi connectivity index (χ1n) is 8.72. The predicted octanol–water partition coefficient (Wildman–Crippen LogP) is 0.510. The fourth-order valence-corrected chi connectivity index (χ4v) is 3.61. The summed E-state index contributed by atoms with van der Waals surface area (Å²) in [5.74, 6) is -0.349. The van der Waals surface area contributed by atoms with Crippen LogP contribution in [0.3, 0.4) is 0 Å². The number of esters is 1. The van der Waals surface area contributed by atoms with Gasteiger partial charge in [-0.25, -0.2) is 4.79 Å². The van der Waals surface area contributed by atoms with Gasteiger partial charge >= 0.3 is 5.97 Å². The molecule has 1 fully saturated rings. The van der Waals surface area contributed by atoms with Gasteiger partial charge in [0.2, 0.25) is 5.91 Å². The minimum absolute atomic E-state index is 0.105. The maximum Gasteiger partial charge on any atom is 0.358 e. The summed E-state index contributed by atoms with van der Waals surface area (Å²) in [6.45, 7) is 9.18. The van der Waals surface area contributed by atoms with Gasteiger partial charge < -0.3 is 14.4 Å². The Morgan fingerprint density at radius 3 is 2.60 bits per heavy atom. The van der Waals surface area contributed by atoms with E-state index in [0.717, 1.165) is 18.8 Å². The number of amides is 1. The molecule has 1 saturated heterocycles. The van der Waals surface area contributed by atoms with Gasteiger partial charge in [0.25, 0.3) is 0 Å². The van der Waals surface area contributed by atoms with Crippen molar-refractivity contribution in [1.82, 2.24) is 19.6 Å². The van der Waals surface area contributed by atoms with E-state index < -0.39 is 5.97 Å². The van der Waals surface area contributed by atoms with Crippen LogP contribution in [0.1, 0.15) is 37.0 Å². The van der Waals surface area contributed by atoms with Crippen molar-refractivity contribution in [2.45, 2.75) is 52.1 Å².